The van der Waals surface area contributed by atoms with Crippen LogP contribution < -0.4 is 5.32 Å². The lowest BCUT2D eigenvalue weighted by atomic mass is 9.96. The highest BCUT2D eigenvalue weighted by Gasteiger charge is 2.32. The topological polar surface area (TPSA) is 44.0 Å². The summed E-state index contributed by atoms with van der Waals surface area (Å²) >= 11 is 12.0. The van der Waals surface area contributed by atoms with Crippen molar-refractivity contribution in [2.24, 2.45) is 0 Å². The van der Waals surface area contributed by atoms with Crippen LogP contribution in [0.2, 0.25) is 5.02 Å². The smallest absolute Gasteiger partial charge is 0.174 e. The van der Waals surface area contributed by atoms with Gasteiger partial charge in [-0.15, -0.1) is 0 Å². The largest absolute Gasteiger partial charge is 0.348 e. The van der Waals surface area contributed by atoms with E-state index in [2.05, 4.69) is 20.2 Å². The first-order valence-electron chi connectivity index (χ1n) is 8.65. The second-order valence-corrected chi connectivity index (χ2v) is 7.30. The van der Waals surface area contributed by atoms with Crippen LogP contribution in [-0.2, 0) is 6.42 Å². The molecule has 7 heteroatoms. The lowest BCUT2D eigenvalue weighted by molar-refractivity contribution is 0.336. The minimum absolute atomic E-state index is 0.180. The van der Waals surface area contributed by atoms with Gasteiger partial charge in [0.2, 0.25) is 0 Å². The number of fused-ring (bicyclic) bond motifs is 1. The van der Waals surface area contributed by atoms with Gasteiger partial charge in [0.25, 0.3) is 0 Å². The number of nitrogens with zero attached hydrogens (tertiary/aromatic N) is 2. The van der Waals surface area contributed by atoms with E-state index in [4.69, 9.17) is 23.8 Å². The van der Waals surface area contributed by atoms with Crippen LogP contribution >= 0.6 is 23.8 Å². The molecule has 1 aliphatic heterocycles. The normalized spacial score (nSPS) is 16.1. The highest BCUT2D eigenvalue weighted by molar-refractivity contribution is 7.80. The van der Waals surface area contributed by atoms with Crippen LogP contribution in [-0.4, -0.2) is 26.5 Å². The molecule has 0 amide bonds. The number of anilines is 1. The van der Waals surface area contributed by atoms with Crippen LogP contribution in [0.4, 0.5) is 10.1 Å². The molecule has 0 saturated heterocycles. The number of imidazole rings is 1. The van der Waals surface area contributed by atoms with Crippen LogP contribution in [0.1, 0.15) is 28.6 Å². The van der Waals surface area contributed by atoms with Gasteiger partial charge in [-0.3, -0.25) is 0 Å². The van der Waals surface area contributed by atoms with E-state index in [1.807, 2.05) is 25.1 Å². The van der Waals surface area contributed by atoms with E-state index in [9.17, 15) is 4.39 Å². The predicted octanol–water partition coefficient (Wildman–Crippen LogP) is 4.86. The number of aromatic amines is 1. The molecule has 0 saturated carbocycles. The molecule has 0 spiro atoms. The number of aromatic nitrogens is 2. The molecule has 4 nitrogen and oxygen atoms in total. The fourth-order valence-electron chi connectivity index (χ4n) is 3.41. The van der Waals surface area contributed by atoms with E-state index in [1.54, 1.807) is 18.5 Å². The van der Waals surface area contributed by atoms with Gasteiger partial charge < -0.3 is 15.2 Å². The molecule has 1 aromatic heterocycles. The first kappa shape index (κ1) is 17.9. The fourth-order valence-corrected chi connectivity index (χ4v) is 3.89. The maximum absolute atomic E-state index is 13.4. The Balaban J connectivity index is 1.68. The second-order valence-electron chi connectivity index (χ2n) is 6.51. The van der Waals surface area contributed by atoms with E-state index in [0.717, 1.165) is 41.2 Å². The van der Waals surface area contributed by atoms with Gasteiger partial charge in [-0.05, 0) is 54.5 Å². The summed E-state index contributed by atoms with van der Waals surface area (Å²) in [5, 5.41) is 4.59. The van der Waals surface area contributed by atoms with E-state index in [1.165, 1.54) is 12.1 Å². The highest BCUT2D eigenvalue weighted by Crippen LogP contribution is 2.34. The van der Waals surface area contributed by atoms with Gasteiger partial charge >= 0.3 is 0 Å². The van der Waals surface area contributed by atoms with Gasteiger partial charge in [0, 0.05) is 29.4 Å². The van der Waals surface area contributed by atoms with Crippen molar-refractivity contribution in [1.82, 2.24) is 14.9 Å². The van der Waals surface area contributed by atoms with Crippen molar-refractivity contribution in [2.45, 2.75) is 19.4 Å². The third-order valence-electron chi connectivity index (χ3n) is 4.88. The minimum atomic E-state index is -0.265. The Morgan fingerprint density at radius 3 is 2.85 bits per heavy atom. The molecule has 2 N–H and O–H groups in total. The first-order chi connectivity index (χ1) is 13.0. The van der Waals surface area contributed by atoms with Crippen LogP contribution in [0.3, 0.4) is 0 Å². The Morgan fingerprint density at radius 1 is 1.30 bits per heavy atom. The molecular weight excluding hydrogens is 383 g/mol. The number of thiocarbonyl (C=S) groups is 1. The summed E-state index contributed by atoms with van der Waals surface area (Å²) in [5.74, 6) is -0.265. The molecule has 27 heavy (non-hydrogen) atoms. The van der Waals surface area contributed by atoms with Crippen molar-refractivity contribution >= 4 is 34.6 Å². The summed E-state index contributed by atoms with van der Waals surface area (Å²) in [6.07, 6.45) is 2.51. The second kappa shape index (κ2) is 7.29. The molecule has 1 atom stereocenters. The van der Waals surface area contributed by atoms with Gasteiger partial charge in [-0.2, -0.15) is 0 Å². The Labute approximate surface area is 167 Å². The lowest BCUT2D eigenvalue weighted by Crippen LogP contribution is -2.43. The maximum Gasteiger partial charge on any atom is 0.174 e. The Hall–Kier alpha value is -2.44. The van der Waals surface area contributed by atoms with Gasteiger partial charge in [0.05, 0.1) is 12.0 Å². The third-order valence-corrected chi connectivity index (χ3v) is 5.63. The number of benzene rings is 2. The van der Waals surface area contributed by atoms with Gasteiger partial charge in [0.1, 0.15) is 11.9 Å². The molecule has 0 radical (unpaired) electrons. The van der Waals surface area contributed by atoms with Crippen LogP contribution in [0.25, 0.3) is 0 Å². The number of rotatable bonds is 2. The first-order valence-corrected chi connectivity index (χ1v) is 9.43. The standard InChI is InChI=1S/C20H18ClFN4S/c1-12-15(21)3-2-4-16(12)25-20(27)26-10-9-17-18(24-11-23-17)19(26)13-5-7-14(22)8-6-13/h2-8,11,19H,9-10H2,1H3,(H,23,24)(H,25,27)/t19-/m1/s1. The molecular formula is C20H18ClFN4S. The van der Waals surface area contributed by atoms with Gasteiger partial charge in [0.15, 0.2) is 5.11 Å². The zero-order valence-electron chi connectivity index (χ0n) is 14.7. The molecule has 0 bridgehead atoms. The number of hydrogen-bond acceptors (Lipinski definition) is 2. The van der Waals surface area contributed by atoms with Crippen molar-refractivity contribution < 1.29 is 4.39 Å². The maximum atomic E-state index is 13.4. The van der Waals surface area contributed by atoms with E-state index in [0.29, 0.717) is 10.1 Å². The predicted molar refractivity (Wildman–Crippen MR) is 110 cm³/mol. The zero-order valence-corrected chi connectivity index (χ0v) is 16.2. The van der Waals surface area contributed by atoms with Gasteiger partial charge in [-0.25, -0.2) is 9.37 Å². The van der Waals surface area contributed by atoms with Crippen molar-refractivity contribution in [1.29, 1.82) is 0 Å². The number of halogens is 2. The SMILES string of the molecule is Cc1c(Cl)cccc1NC(=S)N1CCc2[nH]cnc2[C@H]1c1ccc(F)cc1. The summed E-state index contributed by atoms with van der Waals surface area (Å²) in [5.41, 5.74) is 4.76. The average Bonchev–Trinajstić information content (AvgIpc) is 3.14. The molecule has 2 heterocycles. The van der Waals surface area contributed by atoms with Crippen molar-refractivity contribution in [3.05, 3.63) is 82.1 Å². The van der Waals surface area contributed by atoms with E-state index in [-0.39, 0.29) is 11.9 Å². The molecule has 0 unspecified atom stereocenters. The summed E-state index contributed by atoms with van der Waals surface area (Å²) in [6.45, 7) is 2.68. The summed E-state index contributed by atoms with van der Waals surface area (Å²) in [4.78, 5) is 9.80. The summed E-state index contributed by atoms with van der Waals surface area (Å²) in [6, 6.07) is 12.0. The van der Waals surface area contributed by atoms with E-state index >= 15 is 0 Å². The molecule has 0 fully saturated rings. The van der Waals surface area contributed by atoms with Crippen molar-refractivity contribution in [3.63, 3.8) is 0 Å². The molecule has 1 aliphatic rings. The molecule has 0 aliphatic carbocycles. The molecule has 2 aromatic carbocycles. The van der Waals surface area contributed by atoms with Gasteiger partial charge in [-0.1, -0.05) is 29.8 Å². The molecule has 4 rings (SSSR count). The molecule has 3 aromatic rings. The quantitative estimate of drug-likeness (QED) is 0.603. The Bertz CT molecular complexity index is 986. The Morgan fingerprint density at radius 2 is 2.07 bits per heavy atom. The van der Waals surface area contributed by atoms with Crippen molar-refractivity contribution in [3.8, 4) is 0 Å². The van der Waals surface area contributed by atoms with E-state index < -0.39 is 0 Å². The van der Waals surface area contributed by atoms with Crippen molar-refractivity contribution in [2.75, 3.05) is 11.9 Å². The fraction of sp³-hybridized carbons (Fsp3) is 0.200. The third kappa shape index (κ3) is 3.42. The van der Waals surface area contributed by atoms with Crippen LogP contribution in [0, 0.1) is 12.7 Å². The monoisotopic (exact) mass is 400 g/mol. The van der Waals surface area contributed by atoms with Crippen LogP contribution in [0.15, 0.2) is 48.8 Å². The average molecular weight is 401 g/mol. The lowest BCUT2D eigenvalue weighted by Gasteiger charge is -2.37. The minimum Gasteiger partial charge on any atom is -0.348 e. The highest BCUT2D eigenvalue weighted by atomic mass is 35.5. The summed E-state index contributed by atoms with van der Waals surface area (Å²) < 4.78 is 13.4. The molecule has 138 valence electrons. The number of H-pyrrole nitrogens is 1. The van der Waals surface area contributed by atoms with Crippen LogP contribution in [0.5, 0.6) is 0 Å². The Kier molecular flexibility index (Phi) is 4.85. The number of hydrogen-bond donors (Lipinski definition) is 2. The summed E-state index contributed by atoms with van der Waals surface area (Å²) in [7, 11) is 0. The number of nitrogens with one attached hydrogen (secondary N) is 2. The zero-order chi connectivity index (χ0) is 19.0.